The van der Waals surface area contributed by atoms with Gasteiger partial charge in [0.1, 0.15) is 17.5 Å². The monoisotopic (exact) mass is 480 g/mol. The summed E-state index contributed by atoms with van der Waals surface area (Å²) in [4.78, 5) is 21.5. The van der Waals surface area contributed by atoms with E-state index in [2.05, 4.69) is 24.6 Å². The molecule has 1 aromatic carbocycles. The minimum Gasteiger partial charge on any atom is -0.357 e. The molecule has 0 bridgehead atoms. The van der Waals surface area contributed by atoms with E-state index in [9.17, 15) is 9.18 Å². The van der Waals surface area contributed by atoms with Crippen LogP contribution in [0.1, 0.15) is 55.2 Å². The molecule has 0 radical (unpaired) electrons. The van der Waals surface area contributed by atoms with Crippen LogP contribution in [0.5, 0.6) is 0 Å². The maximum absolute atomic E-state index is 13.3. The molecule has 34 heavy (non-hydrogen) atoms. The van der Waals surface area contributed by atoms with E-state index in [1.54, 1.807) is 6.07 Å². The Kier molecular flexibility index (Phi) is 5.48. The van der Waals surface area contributed by atoms with Crippen molar-refractivity contribution in [2.24, 2.45) is 5.92 Å². The van der Waals surface area contributed by atoms with Crippen molar-refractivity contribution in [3.63, 3.8) is 0 Å². The Hall–Kier alpha value is -3.00. The van der Waals surface area contributed by atoms with Gasteiger partial charge in [-0.1, -0.05) is 18.0 Å². The second kappa shape index (κ2) is 8.65. The third-order valence-electron chi connectivity index (χ3n) is 7.39. The van der Waals surface area contributed by atoms with Gasteiger partial charge in [-0.15, -0.1) is 10.2 Å². The molecular formula is C25H26ClFN6O. The fourth-order valence-corrected chi connectivity index (χ4v) is 5.48. The molecule has 6 rings (SSSR count). The first-order valence-electron chi connectivity index (χ1n) is 11.9. The number of anilines is 1. The van der Waals surface area contributed by atoms with Crippen LogP contribution in [0.4, 0.5) is 10.2 Å². The zero-order chi connectivity index (χ0) is 23.2. The molecule has 9 heteroatoms. The number of benzene rings is 1. The molecule has 0 spiro atoms. The summed E-state index contributed by atoms with van der Waals surface area (Å²) in [7, 11) is 0. The molecule has 1 saturated carbocycles. The van der Waals surface area contributed by atoms with Crippen molar-refractivity contribution in [2.45, 2.75) is 51.1 Å². The van der Waals surface area contributed by atoms with Gasteiger partial charge >= 0.3 is 0 Å². The Bertz CT molecular complexity index is 1220. The Labute approximate surface area is 202 Å². The summed E-state index contributed by atoms with van der Waals surface area (Å²) in [5.74, 6) is 2.76. The van der Waals surface area contributed by atoms with E-state index in [4.69, 9.17) is 11.6 Å². The highest BCUT2D eigenvalue weighted by Crippen LogP contribution is 2.36. The van der Waals surface area contributed by atoms with Crippen LogP contribution in [-0.4, -0.2) is 43.6 Å². The summed E-state index contributed by atoms with van der Waals surface area (Å²) < 4.78 is 15.4. The highest BCUT2D eigenvalue weighted by Gasteiger charge is 2.34. The van der Waals surface area contributed by atoms with E-state index >= 15 is 0 Å². The first kappa shape index (κ1) is 21.5. The Morgan fingerprint density at radius 3 is 2.56 bits per heavy atom. The zero-order valence-electron chi connectivity index (χ0n) is 18.8. The number of hydrogen-bond acceptors (Lipinski definition) is 5. The lowest BCUT2D eigenvalue weighted by Crippen LogP contribution is -2.37. The fourth-order valence-electron chi connectivity index (χ4n) is 5.28. The minimum absolute atomic E-state index is 0.126. The number of hydrogen-bond donors (Lipinski definition) is 0. The molecule has 2 fully saturated rings. The molecule has 1 aliphatic carbocycles. The number of amides is 1. The fraction of sp³-hybridized carbons (Fsp3) is 0.440. The molecule has 176 valence electrons. The number of pyridine rings is 1. The van der Waals surface area contributed by atoms with Gasteiger partial charge in [0.25, 0.3) is 0 Å². The first-order chi connectivity index (χ1) is 16.6. The number of carbonyl (C=O) groups is 1. The summed E-state index contributed by atoms with van der Waals surface area (Å²) in [5, 5.41) is 9.84. The second-order valence-corrected chi connectivity index (χ2v) is 9.94. The summed E-state index contributed by atoms with van der Waals surface area (Å²) in [6, 6.07) is 9.04. The number of nitrogens with zero attached hydrogens (tertiary/aromatic N) is 6. The van der Waals surface area contributed by atoms with Crippen LogP contribution in [-0.2, 0) is 17.9 Å². The molecule has 4 heterocycles. The summed E-state index contributed by atoms with van der Waals surface area (Å²) in [6.45, 7) is 2.60. The highest BCUT2D eigenvalue weighted by atomic mass is 35.5. The molecule has 0 atom stereocenters. The van der Waals surface area contributed by atoms with E-state index in [0.29, 0.717) is 18.1 Å². The third kappa shape index (κ3) is 3.83. The van der Waals surface area contributed by atoms with Crippen LogP contribution in [0.15, 0.2) is 36.5 Å². The average molecular weight is 481 g/mol. The van der Waals surface area contributed by atoms with Crippen molar-refractivity contribution in [1.29, 1.82) is 0 Å². The topological polar surface area (TPSA) is 67.2 Å². The van der Waals surface area contributed by atoms with E-state index in [0.717, 1.165) is 73.9 Å². The number of halogens is 2. The lowest BCUT2D eigenvalue weighted by atomic mass is 9.84. The number of fused-ring (bicyclic) bond motifs is 3. The normalized spacial score (nSPS) is 18.8. The van der Waals surface area contributed by atoms with Crippen molar-refractivity contribution in [2.75, 3.05) is 18.0 Å². The molecular weight excluding hydrogens is 455 g/mol. The molecule has 1 saturated heterocycles. The third-order valence-corrected chi connectivity index (χ3v) is 7.63. The maximum Gasteiger partial charge on any atom is 0.226 e. The lowest BCUT2D eigenvalue weighted by molar-refractivity contribution is -0.139. The van der Waals surface area contributed by atoms with Crippen LogP contribution in [0.25, 0.3) is 5.69 Å². The van der Waals surface area contributed by atoms with Gasteiger partial charge in [0.2, 0.25) is 5.91 Å². The van der Waals surface area contributed by atoms with Gasteiger partial charge in [-0.05, 0) is 61.6 Å². The highest BCUT2D eigenvalue weighted by molar-refractivity contribution is 6.30. The molecule has 2 aliphatic heterocycles. The standard InChI is InChI=1S/C25H26ClFN6O/c26-19-4-6-21-18(12-19)14-32(25(34)17-2-1-3-17)15-23-29-30-24(33(21)23)16-8-10-31(11-9-16)22-7-5-20(27)13-28-22/h4-7,12-13,16-17H,1-3,8-11,14-15H2. The molecule has 0 N–H and O–H groups in total. The largest absolute Gasteiger partial charge is 0.357 e. The SMILES string of the molecule is O=C(C1CCC1)N1Cc2cc(Cl)ccc2-n2c(nnc2C2CCN(c3ccc(F)cn3)CC2)C1. The summed E-state index contributed by atoms with van der Waals surface area (Å²) >= 11 is 6.35. The Morgan fingerprint density at radius 1 is 1.03 bits per heavy atom. The molecule has 3 aliphatic rings. The van der Waals surface area contributed by atoms with E-state index in [1.807, 2.05) is 23.1 Å². The van der Waals surface area contributed by atoms with Crippen LogP contribution in [0.3, 0.4) is 0 Å². The molecule has 7 nitrogen and oxygen atoms in total. The Balaban J connectivity index is 1.29. The van der Waals surface area contributed by atoms with Gasteiger partial charge in [0.05, 0.1) is 18.4 Å². The number of aromatic nitrogens is 4. The molecule has 3 aromatic rings. The maximum atomic E-state index is 13.3. The van der Waals surface area contributed by atoms with Gasteiger partial charge in [0.15, 0.2) is 5.82 Å². The van der Waals surface area contributed by atoms with Crippen LogP contribution in [0, 0.1) is 11.7 Å². The van der Waals surface area contributed by atoms with Gasteiger partial charge < -0.3 is 9.80 Å². The smallest absolute Gasteiger partial charge is 0.226 e. The van der Waals surface area contributed by atoms with Crippen LogP contribution in [0.2, 0.25) is 5.02 Å². The lowest BCUT2D eigenvalue weighted by Gasteiger charge is -2.32. The quantitative estimate of drug-likeness (QED) is 0.553. The molecule has 2 aromatic heterocycles. The predicted octanol–water partition coefficient (Wildman–Crippen LogP) is 4.48. The molecule has 1 amide bonds. The second-order valence-electron chi connectivity index (χ2n) is 9.50. The van der Waals surface area contributed by atoms with Gasteiger partial charge in [-0.25, -0.2) is 9.37 Å². The van der Waals surface area contributed by atoms with Crippen molar-refractivity contribution >= 4 is 23.3 Å². The van der Waals surface area contributed by atoms with E-state index in [1.165, 1.54) is 12.3 Å². The number of carbonyl (C=O) groups excluding carboxylic acids is 1. The predicted molar refractivity (Wildman–Crippen MR) is 126 cm³/mol. The van der Waals surface area contributed by atoms with Crippen molar-refractivity contribution in [3.8, 4) is 5.69 Å². The minimum atomic E-state index is -0.326. The number of piperidine rings is 1. The zero-order valence-corrected chi connectivity index (χ0v) is 19.6. The van der Waals surface area contributed by atoms with Gasteiger partial charge in [-0.3, -0.25) is 9.36 Å². The van der Waals surface area contributed by atoms with Crippen LogP contribution < -0.4 is 4.90 Å². The summed E-state index contributed by atoms with van der Waals surface area (Å²) in [5.41, 5.74) is 2.03. The van der Waals surface area contributed by atoms with Crippen molar-refractivity contribution in [3.05, 3.63) is 64.6 Å². The van der Waals surface area contributed by atoms with E-state index in [-0.39, 0.29) is 23.6 Å². The van der Waals surface area contributed by atoms with Crippen LogP contribution >= 0.6 is 11.6 Å². The molecule has 0 unspecified atom stereocenters. The summed E-state index contributed by atoms with van der Waals surface area (Å²) in [6.07, 6.45) is 6.11. The Morgan fingerprint density at radius 2 is 1.85 bits per heavy atom. The number of rotatable bonds is 3. The van der Waals surface area contributed by atoms with E-state index < -0.39 is 0 Å². The van der Waals surface area contributed by atoms with Gasteiger partial charge in [-0.2, -0.15) is 0 Å². The first-order valence-corrected chi connectivity index (χ1v) is 12.3. The van der Waals surface area contributed by atoms with Gasteiger partial charge in [0, 0.05) is 36.5 Å². The van der Waals surface area contributed by atoms with Crippen molar-refractivity contribution < 1.29 is 9.18 Å². The van der Waals surface area contributed by atoms with Crippen molar-refractivity contribution in [1.82, 2.24) is 24.6 Å². The average Bonchev–Trinajstić information content (AvgIpc) is 3.14.